The molecule has 3 aromatic rings. The van der Waals surface area contributed by atoms with Gasteiger partial charge in [-0.3, -0.25) is 24.4 Å². The molecule has 0 aliphatic carbocycles. The highest BCUT2D eigenvalue weighted by Gasteiger charge is 2.59. The first kappa shape index (κ1) is 19.0. The van der Waals surface area contributed by atoms with Crippen molar-refractivity contribution in [3.8, 4) is 0 Å². The molecule has 1 spiro atoms. The van der Waals surface area contributed by atoms with Gasteiger partial charge in [-0.05, 0) is 29.7 Å². The standard InChI is InChI=1S/C22H19N5O4/c1-26-12-14(18(28)25-21(26)31)19(29)27-10-8-22(17(27)13-5-4-9-23-11-13)15-6-2-3-7-16(15)24-20(22)30/h2-7,9,11-12,17H,8,10H2,1H3,(H,24,30)(H,25,28,31). The maximum absolute atomic E-state index is 13.5. The zero-order valence-corrected chi connectivity index (χ0v) is 16.7. The zero-order chi connectivity index (χ0) is 21.8. The molecule has 2 unspecified atom stereocenters. The van der Waals surface area contributed by atoms with Gasteiger partial charge in [0.15, 0.2) is 0 Å². The van der Waals surface area contributed by atoms with Crippen LogP contribution in [0.3, 0.4) is 0 Å². The van der Waals surface area contributed by atoms with Crippen LogP contribution in [0.4, 0.5) is 5.69 Å². The lowest BCUT2D eigenvalue weighted by molar-refractivity contribution is -0.121. The molecule has 2 aliphatic rings. The highest BCUT2D eigenvalue weighted by atomic mass is 16.2. The molecule has 9 nitrogen and oxygen atoms in total. The number of fused-ring (bicyclic) bond motifs is 2. The number of hydrogen-bond donors (Lipinski definition) is 2. The molecule has 2 N–H and O–H groups in total. The summed E-state index contributed by atoms with van der Waals surface area (Å²) in [5.41, 5.74) is -0.277. The van der Waals surface area contributed by atoms with Crippen molar-refractivity contribution >= 4 is 17.5 Å². The van der Waals surface area contributed by atoms with Gasteiger partial charge in [0.25, 0.3) is 11.5 Å². The van der Waals surface area contributed by atoms with Crippen LogP contribution < -0.4 is 16.6 Å². The van der Waals surface area contributed by atoms with E-state index in [-0.39, 0.29) is 18.0 Å². The van der Waals surface area contributed by atoms with Gasteiger partial charge in [0.1, 0.15) is 11.0 Å². The Morgan fingerprint density at radius 3 is 2.74 bits per heavy atom. The quantitative estimate of drug-likeness (QED) is 0.644. The third kappa shape index (κ3) is 2.66. The van der Waals surface area contributed by atoms with Gasteiger partial charge in [-0.1, -0.05) is 24.3 Å². The second-order valence-electron chi connectivity index (χ2n) is 7.82. The largest absolute Gasteiger partial charge is 0.330 e. The number of carbonyl (C=O) groups is 2. The Hall–Kier alpha value is -4.01. The Kier molecular flexibility index (Phi) is 4.14. The zero-order valence-electron chi connectivity index (χ0n) is 16.7. The smallest absolute Gasteiger partial charge is 0.328 e. The third-order valence-electron chi connectivity index (χ3n) is 6.19. The number of benzene rings is 1. The minimum atomic E-state index is -0.997. The maximum atomic E-state index is 13.5. The topological polar surface area (TPSA) is 117 Å². The molecule has 2 aliphatic heterocycles. The summed E-state index contributed by atoms with van der Waals surface area (Å²) in [6.07, 6.45) is 4.89. The molecule has 31 heavy (non-hydrogen) atoms. The average Bonchev–Trinajstić information content (AvgIpc) is 3.30. The minimum Gasteiger partial charge on any atom is -0.330 e. The highest BCUT2D eigenvalue weighted by Crippen LogP contribution is 2.54. The summed E-state index contributed by atoms with van der Waals surface area (Å²) >= 11 is 0. The molecule has 2 amide bonds. The van der Waals surface area contributed by atoms with E-state index in [1.165, 1.54) is 18.1 Å². The van der Waals surface area contributed by atoms with Crippen molar-refractivity contribution in [3.63, 3.8) is 0 Å². The van der Waals surface area contributed by atoms with E-state index in [4.69, 9.17) is 0 Å². The van der Waals surface area contributed by atoms with Crippen LogP contribution in [0, 0.1) is 0 Å². The van der Waals surface area contributed by atoms with Gasteiger partial charge in [0.05, 0.1) is 6.04 Å². The van der Waals surface area contributed by atoms with Gasteiger partial charge < -0.3 is 14.8 Å². The molecule has 0 radical (unpaired) electrons. The van der Waals surface area contributed by atoms with Gasteiger partial charge >= 0.3 is 5.69 Å². The molecule has 0 saturated carbocycles. The monoisotopic (exact) mass is 417 g/mol. The summed E-state index contributed by atoms with van der Waals surface area (Å²) in [4.78, 5) is 58.9. The molecule has 5 rings (SSSR count). The van der Waals surface area contributed by atoms with Crippen LogP contribution in [0.1, 0.15) is 33.9 Å². The summed E-state index contributed by atoms with van der Waals surface area (Å²) in [5.74, 6) is -0.730. The lowest BCUT2D eigenvalue weighted by atomic mass is 9.73. The number of H-pyrrole nitrogens is 1. The maximum Gasteiger partial charge on any atom is 0.328 e. The predicted molar refractivity (Wildman–Crippen MR) is 112 cm³/mol. The number of pyridine rings is 1. The number of likely N-dealkylation sites (tertiary alicyclic amines) is 1. The van der Waals surface area contributed by atoms with Crippen molar-refractivity contribution in [2.45, 2.75) is 17.9 Å². The fourth-order valence-corrected chi connectivity index (χ4v) is 4.78. The number of aryl methyl sites for hydroxylation is 1. The molecule has 1 saturated heterocycles. The molecule has 1 fully saturated rings. The van der Waals surface area contributed by atoms with Crippen LogP contribution in [0.2, 0.25) is 0 Å². The first-order valence-electron chi connectivity index (χ1n) is 9.85. The van der Waals surface area contributed by atoms with Gasteiger partial charge in [0.2, 0.25) is 5.91 Å². The van der Waals surface area contributed by atoms with Crippen molar-refractivity contribution in [2.24, 2.45) is 7.05 Å². The van der Waals surface area contributed by atoms with E-state index < -0.39 is 28.6 Å². The molecule has 0 bridgehead atoms. The van der Waals surface area contributed by atoms with Gasteiger partial charge in [-0.15, -0.1) is 0 Å². The Morgan fingerprint density at radius 2 is 1.97 bits per heavy atom. The fraction of sp³-hybridized carbons (Fsp3) is 0.227. The summed E-state index contributed by atoms with van der Waals surface area (Å²) in [5, 5.41) is 2.95. The summed E-state index contributed by atoms with van der Waals surface area (Å²) < 4.78 is 1.15. The lowest BCUT2D eigenvalue weighted by Crippen LogP contribution is -2.44. The molecular weight excluding hydrogens is 398 g/mol. The SMILES string of the molecule is Cn1cc(C(=O)N2CCC3(C(=O)Nc4ccccc43)C2c2cccnc2)c(=O)[nH]c1=O. The van der Waals surface area contributed by atoms with E-state index in [2.05, 4.69) is 15.3 Å². The number of aromatic amines is 1. The number of amides is 2. The van der Waals surface area contributed by atoms with E-state index in [1.807, 2.05) is 30.3 Å². The highest BCUT2D eigenvalue weighted by molar-refractivity contribution is 6.08. The van der Waals surface area contributed by atoms with E-state index >= 15 is 0 Å². The molecule has 4 heterocycles. The van der Waals surface area contributed by atoms with Crippen LogP contribution in [0.5, 0.6) is 0 Å². The average molecular weight is 417 g/mol. The number of para-hydroxylation sites is 1. The predicted octanol–water partition coefficient (Wildman–Crippen LogP) is 0.946. The third-order valence-corrected chi connectivity index (χ3v) is 6.19. The molecule has 1 aromatic carbocycles. The van der Waals surface area contributed by atoms with Crippen molar-refractivity contribution in [2.75, 3.05) is 11.9 Å². The van der Waals surface area contributed by atoms with Crippen molar-refractivity contribution < 1.29 is 9.59 Å². The number of nitrogens with zero attached hydrogens (tertiary/aromatic N) is 3. The van der Waals surface area contributed by atoms with Crippen LogP contribution in [0.15, 0.2) is 64.6 Å². The fourth-order valence-electron chi connectivity index (χ4n) is 4.78. The van der Waals surface area contributed by atoms with Crippen molar-refractivity contribution in [1.82, 2.24) is 19.4 Å². The minimum absolute atomic E-state index is 0.153. The Bertz CT molecular complexity index is 1330. The molecule has 9 heteroatoms. The van der Waals surface area contributed by atoms with Gasteiger partial charge in [-0.2, -0.15) is 0 Å². The first-order valence-corrected chi connectivity index (χ1v) is 9.85. The Morgan fingerprint density at radius 1 is 1.16 bits per heavy atom. The van der Waals surface area contributed by atoms with Crippen LogP contribution in [-0.4, -0.2) is 37.8 Å². The van der Waals surface area contributed by atoms with Crippen molar-refractivity contribution in [3.05, 3.63) is 92.5 Å². The molecule has 2 aromatic heterocycles. The van der Waals surface area contributed by atoms with E-state index in [0.717, 1.165) is 15.8 Å². The summed E-state index contributed by atoms with van der Waals surface area (Å²) in [6.45, 7) is 0.266. The number of carbonyl (C=O) groups excluding carboxylic acids is 2. The second kappa shape index (κ2) is 6.76. The molecule has 2 atom stereocenters. The molecular formula is C22H19N5O4. The van der Waals surface area contributed by atoms with Gasteiger partial charge in [-0.25, -0.2) is 4.79 Å². The van der Waals surface area contributed by atoms with E-state index in [1.54, 1.807) is 18.5 Å². The number of anilines is 1. The number of rotatable bonds is 2. The van der Waals surface area contributed by atoms with Crippen LogP contribution >= 0.6 is 0 Å². The number of nitrogens with one attached hydrogen (secondary N) is 2. The molecule has 156 valence electrons. The van der Waals surface area contributed by atoms with Crippen molar-refractivity contribution in [1.29, 1.82) is 0 Å². The Balaban J connectivity index is 1.69. The van der Waals surface area contributed by atoms with E-state index in [9.17, 15) is 19.2 Å². The normalized spacial score (nSPS) is 21.9. The summed E-state index contributed by atoms with van der Waals surface area (Å²) in [7, 11) is 1.46. The van der Waals surface area contributed by atoms with Crippen LogP contribution in [-0.2, 0) is 17.3 Å². The lowest BCUT2D eigenvalue weighted by Gasteiger charge is -2.34. The Labute approximate surface area is 176 Å². The first-order chi connectivity index (χ1) is 14.9. The summed E-state index contributed by atoms with van der Waals surface area (Å²) in [6, 6.07) is 10.4. The number of hydrogen-bond acceptors (Lipinski definition) is 5. The number of aromatic nitrogens is 3. The van der Waals surface area contributed by atoms with Crippen LogP contribution in [0.25, 0.3) is 0 Å². The van der Waals surface area contributed by atoms with Gasteiger partial charge in [0, 0.05) is 37.9 Å². The van der Waals surface area contributed by atoms with E-state index in [0.29, 0.717) is 12.0 Å². The second-order valence-corrected chi connectivity index (χ2v) is 7.82.